The predicted octanol–water partition coefficient (Wildman–Crippen LogP) is 7.80. The Morgan fingerprint density at radius 1 is 0.923 bits per heavy atom. The zero-order valence-electron chi connectivity index (χ0n) is 24.7. The SMILES string of the molecule is CCCCCCCC(C[Si](C)(C)C)C(C(=O)O)C(O)CC(C)c1ccc(C2(c3ccccc3)OCCO2)cc1. The molecule has 0 aliphatic carbocycles. The van der Waals surface area contributed by atoms with Gasteiger partial charge in [0.1, 0.15) is 0 Å². The molecule has 2 aromatic rings. The Kier molecular flexibility index (Phi) is 11.8. The van der Waals surface area contributed by atoms with E-state index in [1.165, 1.54) is 19.3 Å². The fourth-order valence-corrected chi connectivity index (χ4v) is 8.16. The molecule has 1 aliphatic heterocycles. The van der Waals surface area contributed by atoms with Crippen LogP contribution in [0.1, 0.15) is 81.4 Å². The largest absolute Gasteiger partial charge is 0.481 e. The van der Waals surface area contributed by atoms with Gasteiger partial charge in [-0.25, -0.2) is 0 Å². The molecule has 4 atom stereocenters. The molecule has 4 unspecified atom stereocenters. The smallest absolute Gasteiger partial charge is 0.309 e. The number of unbranched alkanes of at least 4 members (excludes halogenated alkanes) is 4. The highest BCUT2D eigenvalue weighted by Gasteiger charge is 2.41. The molecule has 1 saturated heterocycles. The van der Waals surface area contributed by atoms with Crippen LogP contribution in [0.4, 0.5) is 0 Å². The maximum absolute atomic E-state index is 12.5. The third-order valence-corrected chi connectivity index (χ3v) is 9.81. The minimum Gasteiger partial charge on any atom is -0.481 e. The van der Waals surface area contributed by atoms with E-state index in [2.05, 4.69) is 45.6 Å². The monoisotopic (exact) mass is 554 g/mol. The van der Waals surface area contributed by atoms with Crippen molar-refractivity contribution in [3.8, 4) is 0 Å². The molecule has 2 N–H and O–H groups in total. The fraction of sp³-hybridized carbons (Fsp3) is 0.606. The van der Waals surface area contributed by atoms with Crippen LogP contribution < -0.4 is 0 Å². The van der Waals surface area contributed by atoms with Gasteiger partial charge >= 0.3 is 5.97 Å². The molecule has 216 valence electrons. The molecule has 0 radical (unpaired) electrons. The molecule has 1 fully saturated rings. The molecule has 6 heteroatoms. The summed E-state index contributed by atoms with van der Waals surface area (Å²) in [6, 6.07) is 19.1. The Bertz CT molecular complexity index is 995. The second-order valence-corrected chi connectivity index (χ2v) is 18.1. The Balaban J connectivity index is 1.72. The van der Waals surface area contributed by atoms with Crippen molar-refractivity contribution in [3.63, 3.8) is 0 Å². The average molecular weight is 555 g/mol. The van der Waals surface area contributed by atoms with Crippen LogP contribution in [0.25, 0.3) is 0 Å². The summed E-state index contributed by atoms with van der Waals surface area (Å²) in [5.74, 6) is -2.46. The number of aliphatic hydroxyl groups is 1. The van der Waals surface area contributed by atoms with Gasteiger partial charge in [-0.1, -0.05) is 126 Å². The number of carboxylic acid groups (broad SMARTS) is 1. The number of carboxylic acids is 1. The van der Waals surface area contributed by atoms with Gasteiger partial charge in [-0.2, -0.15) is 0 Å². The summed E-state index contributed by atoms with van der Waals surface area (Å²) in [6.07, 6.45) is 6.22. The van der Waals surface area contributed by atoms with Crippen LogP contribution in [0.15, 0.2) is 54.6 Å². The van der Waals surface area contributed by atoms with Gasteiger partial charge in [-0.15, -0.1) is 0 Å². The lowest BCUT2D eigenvalue weighted by molar-refractivity contribution is -0.148. The van der Waals surface area contributed by atoms with Gasteiger partial charge in [0.05, 0.1) is 25.2 Å². The summed E-state index contributed by atoms with van der Waals surface area (Å²) in [7, 11) is -1.51. The molecule has 39 heavy (non-hydrogen) atoms. The van der Waals surface area contributed by atoms with Crippen molar-refractivity contribution >= 4 is 14.0 Å². The highest BCUT2D eigenvalue weighted by Crippen LogP contribution is 2.39. The first kappa shape index (κ1) is 31.5. The first-order valence-corrected chi connectivity index (χ1v) is 18.6. The molecule has 0 amide bonds. The molecule has 0 aromatic heterocycles. The lowest BCUT2D eigenvalue weighted by Gasteiger charge is -2.33. The number of benzene rings is 2. The Morgan fingerprint density at radius 2 is 1.51 bits per heavy atom. The Hall–Kier alpha value is -1.99. The number of hydrogen-bond acceptors (Lipinski definition) is 4. The number of carbonyl (C=O) groups is 1. The third-order valence-electron chi connectivity index (χ3n) is 8.06. The van der Waals surface area contributed by atoms with E-state index >= 15 is 0 Å². The zero-order chi connectivity index (χ0) is 28.5. The molecule has 0 spiro atoms. The summed E-state index contributed by atoms with van der Waals surface area (Å²) in [5, 5.41) is 21.6. The van der Waals surface area contributed by atoms with Crippen LogP contribution in [-0.2, 0) is 20.1 Å². The van der Waals surface area contributed by atoms with E-state index in [9.17, 15) is 15.0 Å². The topological polar surface area (TPSA) is 76.0 Å². The second-order valence-electron chi connectivity index (χ2n) is 12.6. The van der Waals surface area contributed by atoms with E-state index < -0.39 is 31.9 Å². The van der Waals surface area contributed by atoms with Crippen LogP contribution in [0.5, 0.6) is 0 Å². The van der Waals surface area contributed by atoms with Crippen molar-refractivity contribution in [1.29, 1.82) is 0 Å². The van der Waals surface area contributed by atoms with Crippen molar-refractivity contribution in [2.45, 2.75) is 102 Å². The molecule has 1 heterocycles. The molecular weight excluding hydrogens is 504 g/mol. The van der Waals surface area contributed by atoms with Crippen LogP contribution in [0.2, 0.25) is 25.7 Å². The first-order valence-electron chi connectivity index (χ1n) is 14.9. The number of aliphatic carboxylic acids is 1. The van der Waals surface area contributed by atoms with E-state index in [4.69, 9.17) is 9.47 Å². The van der Waals surface area contributed by atoms with Crippen molar-refractivity contribution in [2.24, 2.45) is 11.8 Å². The maximum Gasteiger partial charge on any atom is 0.309 e. The van der Waals surface area contributed by atoms with E-state index in [0.29, 0.717) is 19.6 Å². The molecule has 3 rings (SSSR count). The molecule has 0 saturated carbocycles. The lowest BCUT2D eigenvalue weighted by Crippen LogP contribution is -2.39. The van der Waals surface area contributed by atoms with Gasteiger partial charge in [-0.3, -0.25) is 4.79 Å². The Labute approximate surface area is 237 Å². The predicted molar refractivity (Wildman–Crippen MR) is 161 cm³/mol. The van der Waals surface area contributed by atoms with Crippen molar-refractivity contribution in [2.75, 3.05) is 13.2 Å². The summed E-state index contributed by atoms with van der Waals surface area (Å²) < 4.78 is 12.3. The van der Waals surface area contributed by atoms with Crippen molar-refractivity contribution in [1.82, 2.24) is 0 Å². The summed E-state index contributed by atoms with van der Waals surface area (Å²) in [5.41, 5.74) is 2.97. The van der Waals surface area contributed by atoms with Crippen LogP contribution in [-0.4, -0.2) is 43.6 Å². The maximum atomic E-state index is 12.5. The second kappa shape index (κ2) is 14.6. The third kappa shape index (κ3) is 8.74. The van der Waals surface area contributed by atoms with Gasteiger partial charge in [0.2, 0.25) is 5.79 Å². The average Bonchev–Trinajstić information content (AvgIpc) is 3.39. The molecule has 2 aromatic carbocycles. The van der Waals surface area contributed by atoms with Gasteiger partial charge in [0.25, 0.3) is 0 Å². The summed E-state index contributed by atoms with van der Waals surface area (Å²) in [4.78, 5) is 12.5. The number of hydrogen-bond donors (Lipinski definition) is 2. The molecule has 5 nitrogen and oxygen atoms in total. The highest BCUT2D eigenvalue weighted by atomic mass is 28.3. The van der Waals surface area contributed by atoms with Gasteiger partial charge in [0.15, 0.2) is 0 Å². The molecular formula is C33H50O5Si. The zero-order valence-corrected chi connectivity index (χ0v) is 25.7. The minimum absolute atomic E-state index is 0.0164. The van der Waals surface area contributed by atoms with Gasteiger partial charge in [0, 0.05) is 19.2 Å². The van der Waals surface area contributed by atoms with Crippen LogP contribution in [0, 0.1) is 11.8 Å². The first-order chi connectivity index (χ1) is 18.6. The quantitative estimate of drug-likeness (QED) is 0.163. The normalized spacial score (nSPS) is 18.4. The van der Waals surface area contributed by atoms with Gasteiger partial charge in [-0.05, 0) is 30.2 Å². The minimum atomic E-state index is -1.51. The van der Waals surface area contributed by atoms with E-state index in [1.54, 1.807) is 0 Å². The number of rotatable bonds is 16. The highest BCUT2D eigenvalue weighted by molar-refractivity contribution is 6.76. The Morgan fingerprint density at radius 3 is 2.08 bits per heavy atom. The fourth-order valence-electron chi connectivity index (χ4n) is 6.13. The summed E-state index contributed by atoms with van der Waals surface area (Å²) in [6.45, 7) is 12.2. The van der Waals surface area contributed by atoms with Gasteiger partial charge < -0.3 is 19.7 Å². The molecule has 1 aliphatic rings. The van der Waals surface area contributed by atoms with Crippen molar-refractivity contribution in [3.05, 3.63) is 71.3 Å². The number of aliphatic hydroxyl groups excluding tert-OH is 1. The van der Waals surface area contributed by atoms with Crippen molar-refractivity contribution < 1.29 is 24.5 Å². The van der Waals surface area contributed by atoms with E-state index in [1.807, 2.05) is 42.5 Å². The number of ether oxygens (including phenoxy) is 2. The molecule has 0 bridgehead atoms. The van der Waals surface area contributed by atoms with Crippen LogP contribution in [0.3, 0.4) is 0 Å². The van der Waals surface area contributed by atoms with E-state index in [0.717, 1.165) is 42.0 Å². The van der Waals surface area contributed by atoms with E-state index in [-0.39, 0.29) is 11.8 Å². The lowest BCUT2D eigenvalue weighted by atomic mass is 9.80. The van der Waals surface area contributed by atoms with Crippen LogP contribution >= 0.6 is 0 Å². The standard InChI is InChI=1S/C33H50O5Si/c1-6-7-8-9-11-14-27(24-39(3,4)5)31(32(35)36)30(34)23-25(2)26-17-19-29(20-18-26)33(37-21-22-38-33)28-15-12-10-13-16-28/h10,12-13,15-20,25,27,30-31,34H,6-9,11,14,21-24H2,1-5H3,(H,35,36). The summed E-state index contributed by atoms with van der Waals surface area (Å²) >= 11 is 0.